The van der Waals surface area contributed by atoms with Gasteiger partial charge in [0.2, 0.25) is 0 Å². The lowest BCUT2D eigenvalue weighted by Gasteiger charge is -2.17. The molecule has 0 amide bonds. The van der Waals surface area contributed by atoms with Crippen LogP contribution in [0.3, 0.4) is 0 Å². The molecule has 13 heavy (non-hydrogen) atoms. The first-order chi connectivity index (χ1) is 6.13. The van der Waals surface area contributed by atoms with Gasteiger partial charge in [-0.3, -0.25) is 10.8 Å². The Labute approximate surface area is 77.0 Å². The van der Waals surface area contributed by atoms with Gasteiger partial charge in [-0.05, 0) is 0 Å². The van der Waals surface area contributed by atoms with Crippen molar-refractivity contribution < 1.29 is 0 Å². The fraction of sp³-hybridized carbons (Fsp3) is 0.111. The number of nitrogens with zero attached hydrogens (tertiary/aromatic N) is 1. The first kappa shape index (κ1) is 9.25. The zero-order valence-corrected chi connectivity index (χ0v) is 7.41. The highest BCUT2D eigenvalue weighted by Crippen LogP contribution is 2.01. The Balaban J connectivity index is 2.86. The number of hydrogen-bond acceptors (Lipinski definition) is 2. The van der Waals surface area contributed by atoms with Crippen molar-refractivity contribution in [2.45, 2.75) is 0 Å². The van der Waals surface area contributed by atoms with Gasteiger partial charge in [-0.1, -0.05) is 30.3 Å². The molecule has 4 N–H and O–H groups in total. The number of rotatable bonds is 1. The van der Waals surface area contributed by atoms with E-state index in [1.165, 1.54) is 4.90 Å². The molecular weight excluding hydrogens is 164 g/mol. The summed E-state index contributed by atoms with van der Waals surface area (Å²) in [5.41, 5.74) is 5.99. The van der Waals surface area contributed by atoms with Crippen LogP contribution in [0.5, 0.6) is 0 Å². The molecular formula is C9H12N4. The van der Waals surface area contributed by atoms with E-state index < -0.39 is 0 Å². The van der Waals surface area contributed by atoms with Crippen LogP contribution in [-0.4, -0.2) is 23.7 Å². The smallest absolute Gasteiger partial charge is 0.193 e. The Morgan fingerprint density at radius 1 is 1.23 bits per heavy atom. The van der Waals surface area contributed by atoms with Crippen LogP contribution < -0.4 is 5.73 Å². The highest BCUT2D eigenvalue weighted by Gasteiger charge is 2.07. The first-order valence-corrected chi connectivity index (χ1v) is 3.84. The fourth-order valence-corrected chi connectivity index (χ4v) is 0.910. The molecule has 0 saturated heterocycles. The highest BCUT2D eigenvalue weighted by molar-refractivity contribution is 6.05. The van der Waals surface area contributed by atoms with Gasteiger partial charge < -0.3 is 10.6 Å². The number of hydrogen-bond donors (Lipinski definition) is 3. The van der Waals surface area contributed by atoms with E-state index in [1.54, 1.807) is 7.05 Å². The Hall–Kier alpha value is -1.84. The molecule has 0 fully saturated rings. The maximum Gasteiger partial charge on any atom is 0.193 e. The van der Waals surface area contributed by atoms with Gasteiger partial charge in [0.05, 0.1) is 0 Å². The van der Waals surface area contributed by atoms with Crippen LogP contribution in [0.15, 0.2) is 30.3 Å². The summed E-state index contributed by atoms with van der Waals surface area (Å²) in [4.78, 5) is 1.31. The summed E-state index contributed by atoms with van der Waals surface area (Å²) in [6.07, 6.45) is 0. The molecule has 0 atom stereocenters. The van der Waals surface area contributed by atoms with Crippen molar-refractivity contribution in [3.05, 3.63) is 35.9 Å². The lowest BCUT2D eigenvalue weighted by molar-refractivity contribution is 0.729. The van der Waals surface area contributed by atoms with Gasteiger partial charge in [0.15, 0.2) is 5.96 Å². The van der Waals surface area contributed by atoms with E-state index >= 15 is 0 Å². The number of amidine groups is 1. The maximum atomic E-state index is 7.67. The van der Waals surface area contributed by atoms with Crippen molar-refractivity contribution in [1.29, 1.82) is 10.8 Å². The minimum absolute atomic E-state index is 0.131. The Bertz CT molecular complexity index is 318. The second-order valence-corrected chi connectivity index (χ2v) is 2.66. The molecule has 0 bridgehead atoms. The van der Waals surface area contributed by atoms with Crippen LogP contribution in [0.4, 0.5) is 0 Å². The molecule has 0 aliphatic rings. The molecule has 4 nitrogen and oxygen atoms in total. The van der Waals surface area contributed by atoms with Crippen LogP contribution in [0.1, 0.15) is 5.56 Å². The predicted molar refractivity (Wildman–Crippen MR) is 52.9 cm³/mol. The van der Waals surface area contributed by atoms with Gasteiger partial charge in [0, 0.05) is 12.6 Å². The average molecular weight is 176 g/mol. The van der Waals surface area contributed by atoms with Crippen molar-refractivity contribution in [3.63, 3.8) is 0 Å². The SMILES string of the molecule is CN(C(=N)N)C(=N)c1ccccc1. The second-order valence-electron chi connectivity index (χ2n) is 2.66. The van der Waals surface area contributed by atoms with Crippen LogP contribution >= 0.6 is 0 Å². The molecule has 0 aliphatic carbocycles. The van der Waals surface area contributed by atoms with E-state index in [2.05, 4.69) is 0 Å². The van der Waals surface area contributed by atoms with Crippen molar-refractivity contribution in [2.24, 2.45) is 5.73 Å². The maximum absolute atomic E-state index is 7.67. The average Bonchev–Trinajstić information content (AvgIpc) is 2.17. The van der Waals surface area contributed by atoms with Crippen LogP contribution in [-0.2, 0) is 0 Å². The third kappa shape index (κ3) is 2.05. The van der Waals surface area contributed by atoms with E-state index in [0.717, 1.165) is 5.56 Å². The predicted octanol–water partition coefficient (Wildman–Crippen LogP) is 0.837. The minimum Gasteiger partial charge on any atom is -0.370 e. The van der Waals surface area contributed by atoms with Crippen molar-refractivity contribution in [2.75, 3.05) is 7.05 Å². The molecule has 0 aliphatic heterocycles. The minimum atomic E-state index is -0.131. The van der Waals surface area contributed by atoms with Gasteiger partial charge in [0.1, 0.15) is 5.84 Å². The van der Waals surface area contributed by atoms with E-state index in [-0.39, 0.29) is 11.8 Å². The van der Waals surface area contributed by atoms with E-state index in [1.807, 2.05) is 30.3 Å². The molecule has 68 valence electrons. The normalized spacial score (nSPS) is 9.31. The zero-order chi connectivity index (χ0) is 9.84. The molecule has 4 heteroatoms. The standard InChI is InChI=1S/C9H12N4/c1-13(9(11)12)8(10)7-5-3-2-4-6-7/h2-6,10H,1H3,(H3,11,12). The third-order valence-corrected chi connectivity index (χ3v) is 1.74. The molecule has 0 radical (unpaired) electrons. The van der Waals surface area contributed by atoms with Crippen molar-refractivity contribution >= 4 is 11.8 Å². The number of nitrogens with two attached hydrogens (primary N) is 1. The van der Waals surface area contributed by atoms with Crippen molar-refractivity contribution in [3.8, 4) is 0 Å². The third-order valence-electron chi connectivity index (χ3n) is 1.74. The lowest BCUT2D eigenvalue weighted by Crippen LogP contribution is -2.37. The van der Waals surface area contributed by atoms with Gasteiger partial charge in [-0.25, -0.2) is 0 Å². The van der Waals surface area contributed by atoms with Gasteiger partial charge in [-0.2, -0.15) is 0 Å². The summed E-state index contributed by atoms with van der Waals surface area (Å²) in [6, 6.07) is 9.18. The largest absolute Gasteiger partial charge is 0.370 e. The quantitative estimate of drug-likeness (QED) is 0.438. The van der Waals surface area contributed by atoms with E-state index in [4.69, 9.17) is 16.6 Å². The van der Waals surface area contributed by atoms with Gasteiger partial charge >= 0.3 is 0 Å². The van der Waals surface area contributed by atoms with Crippen LogP contribution in [0.2, 0.25) is 0 Å². The van der Waals surface area contributed by atoms with Gasteiger partial charge in [-0.15, -0.1) is 0 Å². The molecule has 0 unspecified atom stereocenters. The first-order valence-electron chi connectivity index (χ1n) is 3.84. The molecule has 0 heterocycles. The van der Waals surface area contributed by atoms with Crippen LogP contribution in [0.25, 0.3) is 0 Å². The van der Waals surface area contributed by atoms with Crippen molar-refractivity contribution in [1.82, 2.24) is 4.90 Å². The molecule has 0 saturated carbocycles. The van der Waals surface area contributed by atoms with E-state index in [9.17, 15) is 0 Å². The highest BCUT2D eigenvalue weighted by atomic mass is 15.2. The summed E-state index contributed by atoms with van der Waals surface area (Å²) in [5.74, 6) is 0.0990. The zero-order valence-electron chi connectivity index (χ0n) is 7.41. The fourth-order valence-electron chi connectivity index (χ4n) is 0.910. The Morgan fingerprint density at radius 3 is 2.23 bits per heavy atom. The number of nitrogens with one attached hydrogen (secondary N) is 2. The lowest BCUT2D eigenvalue weighted by atomic mass is 10.2. The summed E-state index contributed by atoms with van der Waals surface area (Å²) in [5, 5.41) is 14.8. The Morgan fingerprint density at radius 2 is 1.77 bits per heavy atom. The summed E-state index contributed by atoms with van der Waals surface area (Å²) >= 11 is 0. The van der Waals surface area contributed by atoms with Gasteiger partial charge in [0.25, 0.3) is 0 Å². The molecule has 1 aromatic carbocycles. The molecule has 1 aromatic rings. The Kier molecular flexibility index (Phi) is 2.64. The summed E-state index contributed by atoms with van der Waals surface area (Å²) < 4.78 is 0. The summed E-state index contributed by atoms with van der Waals surface area (Å²) in [6.45, 7) is 0. The van der Waals surface area contributed by atoms with E-state index in [0.29, 0.717) is 0 Å². The molecule has 1 rings (SSSR count). The summed E-state index contributed by atoms with van der Waals surface area (Å²) in [7, 11) is 1.59. The second kappa shape index (κ2) is 3.71. The topological polar surface area (TPSA) is 77.0 Å². The molecule has 0 spiro atoms. The number of benzene rings is 1. The molecule has 0 aromatic heterocycles. The monoisotopic (exact) mass is 176 g/mol. The number of guanidine groups is 1. The van der Waals surface area contributed by atoms with Crippen LogP contribution in [0, 0.1) is 10.8 Å².